The zero-order valence-corrected chi connectivity index (χ0v) is 14.8. The van der Waals surface area contributed by atoms with E-state index in [9.17, 15) is 0 Å². The lowest BCUT2D eigenvalue weighted by atomic mass is 9.97. The molecule has 23 heavy (non-hydrogen) atoms. The molecule has 0 fully saturated rings. The van der Waals surface area contributed by atoms with Crippen LogP contribution in [0.25, 0.3) is 0 Å². The van der Waals surface area contributed by atoms with E-state index in [1.54, 1.807) is 0 Å². The molecule has 0 saturated heterocycles. The van der Waals surface area contributed by atoms with Crippen LogP contribution < -0.4 is 0 Å². The van der Waals surface area contributed by atoms with Crippen molar-refractivity contribution < 1.29 is 0 Å². The van der Waals surface area contributed by atoms with Crippen molar-refractivity contribution in [2.24, 2.45) is 0 Å². The van der Waals surface area contributed by atoms with E-state index in [2.05, 4.69) is 91.5 Å². The smallest absolute Gasteiger partial charge is 0.0234 e. The van der Waals surface area contributed by atoms with Gasteiger partial charge in [0.05, 0.1) is 0 Å². The Balaban J connectivity index is 1.91. The van der Waals surface area contributed by atoms with Gasteiger partial charge in [0.25, 0.3) is 0 Å². The monoisotopic (exact) mass is 310 g/mol. The van der Waals surface area contributed by atoms with Crippen LogP contribution in [0.15, 0.2) is 60.7 Å². The third kappa shape index (κ3) is 6.55. The summed E-state index contributed by atoms with van der Waals surface area (Å²) in [6.45, 7) is 6.73. The topological polar surface area (TPSA) is 6.48 Å². The van der Waals surface area contributed by atoms with Crippen LogP contribution in [0.2, 0.25) is 0 Å². The predicted molar refractivity (Wildman–Crippen MR) is 99.7 cm³/mol. The van der Waals surface area contributed by atoms with Gasteiger partial charge in [-0.3, -0.25) is 4.90 Å². The standard InChI is InChI=1S/C21H30N2/c1-19(21-12-8-5-9-13-21)14-15-23(17-16-22(2)3)18-20-10-6-4-7-11-20/h4-13,19H,14-18H2,1-3H3. The predicted octanol–water partition coefficient (Wildman–Crippen LogP) is 4.24. The van der Waals surface area contributed by atoms with Crippen LogP contribution in [0.5, 0.6) is 0 Å². The van der Waals surface area contributed by atoms with Gasteiger partial charge < -0.3 is 4.90 Å². The minimum absolute atomic E-state index is 0.605. The van der Waals surface area contributed by atoms with Crippen molar-refractivity contribution in [3.05, 3.63) is 71.8 Å². The molecule has 0 aliphatic carbocycles. The van der Waals surface area contributed by atoms with Crippen molar-refractivity contribution in [1.82, 2.24) is 9.80 Å². The molecule has 0 amide bonds. The first-order valence-electron chi connectivity index (χ1n) is 8.61. The Morgan fingerprint density at radius 3 is 2.00 bits per heavy atom. The Labute approximate surface area is 141 Å². The van der Waals surface area contributed by atoms with Crippen molar-refractivity contribution in [2.75, 3.05) is 33.7 Å². The molecule has 0 aromatic heterocycles. The van der Waals surface area contributed by atoms with Crippen LogP contribution >= 0.6 is 0 Å². The molecular formula is C21H30N2. The second kappa shape index (κ2) is 9.49. The quantitative estimate of drug-likeness (QED) is 0.683. The molecule has 1 unspecified atom stereocenters. The van der Waals surface area contributed by atoms with Crippen LogP contribution in [-0.4, -0.2) is 43.5 Å². The Bertz CT molecular complexity index is 536. The minimum atomic E-state index is 0.605. The minimum Gasteiger partial charge on any atom is -0.308 e. The number of hydrogen-bond donors (Lipinski definition) is 0. The highest BCUT2D eigenvalue weighted by Crippen LogP contribution is 2.19. The van der Waals surface area contributed by atoms with Gasteiger partial charge in [0.15, 0.2) is 0 Å². The summed E-state index contributed by atoms with van der Waals surface area (Å²) in [7, 11) is 4.29. The molecule has 0 N–H and O–H groups in total. The van der Waals surface area contributed by atoms with Crippen LogP contribution in [0.1, 0.15) is 30.4 Å². The molecule has 0 saturated carbocycles. The van der Waals surface area contributed by atoms with Crippen LogP contribution in [0.3, 0.4) is 0 Å². The first-order chi connectivity index (χ1) is 11.1. The molecule has 2 heteroatoms. The van der Waals surface area contributed by atoms with E-state index in [-0.39, 0.29) is 0 Å². The molecule has 1 atom stereocenters. The van der Waals surface area contributed by atoms with Gasteiger partial charge >= 0.3 is 0 Å². The number of benzene rings is 2. The third-order valence-electron chi connectivity index (χ3n) is 4.36. The van der Waals surface area contributed by atoms with E-state index in [0.717, 1.165) is 26.2 Å². The SMILES string of the molecule is CC(CCN(CCN(C)C)Cc1ccccc1)c1ccccc1. The van der Waals surface area contributed by atoms with Gasteiger partial charge in [-0.25, -0.2) is 0 Å². The van der Waals surface area contributed by atoms with Crippen molar-refractivity contribution >= 4 is 0 Å². The summed E-state index contributed by atoms with van der Waals surface area (Å²) in [5, 5.41) is 0. The Hall–Kier alpha value is -1.64. The van der Waals surface area contributed by atoms with Crippen LogP contribution in [-0.2, 0) is 6.54 Å². The van der Waals surface area contributed by atoms with Crippen molar-refractivity contribution in [3.8, 4) is 0 Å². The molecule has 2 nitrogen and oxygen atoms in total. The maximum absolute atomic E-state index is 2.58. The van der Waals surface area contributed by atoms with Gasteiger partial charge in [-0.1, -0.05) is 67.6 Å². The van der Waals surface area contributed by atoms with Gasteiger partial charge in [0.1, 0.15) is 0 Å². The second-order valence-electron chi connectivity index (χ2n) is 6.67. The number of rotatable bonds is 9. The van der Waals surface area contributed by atoms with E-state index in [4.69, 9.17) is 0 Å². The lowest BCUT2D eigenvalue weighted by Crippen LogP contribution is -2.32. The molecule has 0 heterocycles. The maximum Gasteiger partial charge on any atom is 0.0234 e. The largest absolute Gasteiger partial charge is 0.308 e. The van der Waals surface area contributed by atoms with Crippen molar-refractivity contribution in [2.45, 2.75) is 25.8 Å². The van der Waals surface area contributed by atoms with Gasteiger partial charge in [0, 0.05) is 19.6 Å². The van der Waals surface area contributed by atoms with Gasteiger partial charge in [-0.05, 0) is 44.1 Å². The van der Waals surface area contributed by atoms with Gasteiger partial charge in [-0.2, -0.15) is 0 Å². The molecule has 0 aliphatic heterocycles. The highest BCUT2D eigenvalue weighted by atomic mass is 15.2. The first kappa shape index (κ1) is 17.7. The lowest BCUT2D eigenvalue weighted by Gasteiger charge is -2.25. The summed E-state index contributed by atoms with van der Waals surface area (Å²) in [6.07, 6.45) is 1.20. The lowest BCUT2D eigenvalue weighted by molar-refractivity contribution is 0.227. The fourth-order valence-corrected chi connectivity index (χ4v) is 2.78. The summed E-state index contributed by atoms with van der Waals surface area (Å²) < 4.78 is 0. The van der Waals surface area contributed by atoms with E-state index in [1.165, 1.54) is 17.5 Å². The number of hydrogen-bond acceptors (Lipinski definition) is 2. The number of nitrogens with zero attached hydrogens (tertiary/aromatic N) is 2. The van der Waals surface area contributed by atoms with Gasteiger partial charge in [0.2, 0.25) is 0 Å². The Morgan fingerprint density at radius 2 is 1.39 bits per heavy atom. The Kier molecular flexibility index (Phi) is 7.31. The molecule has 2 rings (SSSR count). The highest BCUT2D eigenvalue weighted by Gasteiger charge is 2.10. The summed E-state index contributed by atoms with van der Waals surface area (Å²) in [5.74, 6) is 0.605. The average molecular weight is 310 g/mol. The summed E-state index contributed by atoms with van der Waals surface area (Å²) in [5.41, 5.74) is 2.85. The fourth-order valence-electron chi connectivity index (χ4n) is 2.78. The van der Waals surface area contributed by atoms with E-state index in [1.807, 2.05) is 0 Å². The molecule has 0 spiro atoms. The molecule has 124 valence electrons. The van der Waals surface area contributed by atoms with E-state index < -0.39 is 0 Å². The number of likely N-dealkylation sites (N-methyl/N-ethyl adjacent to an activating group) is 1. The zero-order chi connectivity index (χ0) is 16.5. The van der Waals surface area contributed by atoms with Gasteiger partial charge in [-0.15, -0.1) is 0 Å². The first-order valence-corrected chi connectivity index (χ1v) is 8.61. The molecule has 2 aromatic carbocycles. The second-order valence-corrected chi connectivity index (χ2v) is 6.67. The zero-order valence-electron chi connectivity index (χ0n) is 14.8. The summed E-state index contributed by atoms with van der Waals surface area (Å²) in [4.78, 5) is 4.84. The molecule has 0 aliphatic rings. The molecule has 0 bridgehead atoms. The van der Waals surface area contributed by atoms with Crippen molar-refractivity contribution in [3.63, 3.8) is 0 Å². The molecule has 0 radical (unpaired) electrons. The van der Waals surface area contributed by atoms with Crippen LogP contribution in [0.4, 0.5) is 0 Å². The average Bonchev–Trinajstić information content (AvgIpc) is 2.58. The fraction of sp³-hybridized carbons (Fsp3) is 0.429. The Morgan fingerprint density at radius 1 is 0.783 bits per heavy atom. The highest BCUT2D eigenvalue weighted by molar-refractivity contribution is 5.18. The summed E-state index contributed by atoms with van der Waals surface area (Å²) >= 11 is 0. The van der Waals surface area contributed by atoms with Crippen molar-refractivity contribution in [1.29, 1.82) is 0 Å². The summed E-state index contributed by atoms with van der Waals surface area (Å²) in [6, 6.07) is 21.7. The molecular weight excluding hydrogens is 280 g/mol. The normalized spacial score (nSPS) is 12.7. The maximum atomic E-state index is 2.58. The van der Waals surface area contributed by atoms with E-state index >= 15 is 0 Å². The van der Waals surface area contributed by atoms with E-state index in [0.29, 0.717) is 5.92 Å². The molecule has 2 aromatic rings. The van der Waals surface area contributed by atoms with Crippen LogP contribution in [0, 0.1) is 0 Å². The third-order valence-corrected chi connectivity index (χ3v) is 4.36.